The highest BCUT2D eigenvalue weighted by Gasteiger charge is 2.28. The van der Waals surface area contributed by atoms with E-state index in [1.807, 2.05) is 25.3 Å². The molecule has 170 valence electrons. The summed E-state index contributed by atoms with van der Waals surface area (Å²) in [5.41, 5.74) is 0.805. The third-order valence-corrected chi connectivity index (χ3v) is 6.85. The third kappa shape index (κ3) is 7.27. The fraction of sp³-hybridized carbons (Fsp3) is 0.381. The van der Waals surface area contributed by atoms with E-state index in [9.17, 15) is 22.0 Å². The van der Waals surface area contributed by atoms with Crippen LogP contribution >= 0.6 is 11.8 Å². The van der Waals surface area contributed by atoms with Crippen molar-refractivity contribution in [1.82, 2.24) is 14.9 Å². The molecule has 0 radical (unpaired) electrons. The topological polar surface area (TPSA) is 78.5 Å². The molecule has 0 heterocycles. The van der Waals surface area contributed by atoms with Crippen molar-refractivity contribution in [2.75, 3.05) is 32.6 Å². The SMILES string of the molecule is CSCCC(NS(=O)(=O)c1ccccc1F)C(=O)NCC(c1ccc(F)cc1)N(C)C. The Balaban J connectivity index is 2.15. The maximum Gasteiger partial charge on any atom is 0.244 e. The van der Waals surface area contributed by atoms with E-state index in [2.05, 4.69) is 10.0 Å². The second-order valence-corrected chi connectivity index (χ2v) is 9.83. The van der Waals surface area contributed by atoms with Crippen molar-refractivity contribution < 1.29 is 22.0 Å². The van der Waals surface area contributed by atoms with Crippen molar-refractivity contribution in [3.63, 3.8) is 0 Å². The van der Waals surface area contributed by atoms with E-state index >= 15 is 0 Å². The molecule has 0 fully saturated rings. The van der Waals surface area contributed by atoms with Crippen LogP contribution in [0.3, 0.4) is 0 Å². The van der Waals surface area contributed by atoms with Crippen LogP contribution in [-0.2, 0) is 14.8 Å². The molecular weight excluding hydrogens is 444 g/mol. The van der Waals surface area contributed by atoms with Crippen LogP contribution in [0.2, 0.25) is 0 Å². The molecule has 0 aliphatic rings. The molecule has 0 saturated heterocycles. The van der Waals surface area contributed by atoms with Crippen LogP contribution in [0, 0.1) is 11.6 Å². The van der Waals surface area contributed by atoms with Crippen LogP contribution in [-0.4, -0.2) is 57.9 Å². The van der Waals surface area contributed by atoms with Crippen molar-refractivity contribution in [3.05, 3.63) is 65.7 Å². The molecule has 2 aromatic carbocycles. The predicted octanol–water partition coefficient (Wildman–Crippen LogP) is 2.78. The Kier molecular flexibility index (Phi) is 9.42. The van der Waals surface area contributed by atoms with Gasteiger partial charge in [-0.1, -0.05) is 24.3 Å². The lowest BCUT2D eigenvalue weighted by Crippen LogP contribution is -2.48. The molecule has 0 aromatic heterocycles. The number of hydrogen-bond acceptors (Lipinski definition) is 5. The van der Waals surface area contributed by atoms with Gasteiger partial charge in [0.1, 0.15) is 22.6 Å². The first-order chi connectivity index (χ1) is 14.7. The molecule has 0 aliphatic heterocycles. The number of nitrogens with zero attached hydrogens (tertiary/aromatic N) is 1. The van der Waals surface area contributed by atoms with Crippen molar-refractivity contribution >= 4 is 27.7 Å². The monoisotopic (exact) mass is 471 g/mol. The molecule has 2 unspecified atom stereocenters. The summed E-state index contributed by atoms with van der Waals surface area (Å²) in [6.07, 6.45) is 2.08. The molecule has 0 bridgehead atoms. The Bertz CT molecular complexity index is 970. The van der Waals surface area contributed by atoms with Crippen molar-refractivity contribution in [2.24, 2.45) is 0 Å². The van der Waals surface area contributed by atoms with Gasteiger partial charge in [0.15, 0.2) is 0 Å². The first kappa shape index (κ1) is 25.3. The molecule has 2 aromatic rings. The average molecular weight is 472 g/mol. The summed E-state index contributed by atoms with van der Waals surface area (Å²) in [7, 11) is -0.573. The minimum absolute atomic E-state index is 0.189. The van der Waals surface area contributed by atoms with E-state index in [0.717, 1.165) is 17.7 Å². The molecule has 0 spiro atoms. The van der Waals surface area contributed by atoms with Crippen LogP contribution in [0.5, 0.6) is 0 Å². The second kappa shape index (κ2) is 11.6. The summed E-state index contributed by atoms with van der Waals surface area (Å²) in [5, 5.41) is 2.77. The fourth-order valence-corrected chi connectivity index (χ4v) is 4.78. The number of rotatable bonds is 11. The molecule has 2 N–H and O–H groups in total. The highest BCUT2D eigenvalue weighted by atomic mass is 32.2. The fourth-order valence-electron chi connectivity index (χ4n) is 3.00. The van der Waals surface area contributed by atoms with Crippen LogP contribution in [0.4, 0.5) is 8.78 Å². The number of likely N-dealkylation sites (N-methyl/N-ethyl adjacent to an activating group) is 1. The zero-order valence-corrected chi connectivity index (χ0v) is 19.3. The lowest BCUT2D eigenvalue weighted by Gasteiger charge is -2.26. The van der Waals surface area contributed by atoms with Gasteiger partial charge in [-0.15, -0.1) is 0 Å². The number of carbonyl (C=O) groups excluding carboxylic acids is 1. The number of hydrogen-bond donors (Lipinski definition) is 2. The summed E-state index contributed by atoms with van der Waals surface area (Å²) in [5.74, 6) is -1.22. The summed E-state index contributed by atoms with van der Waals surface area (Å²) >= 11 is 1.47. The first-order valence-electron chi connectivity index (χ1n) is 9.61. The van der Waals surface area contributed by atoms with Gasteiger partial charge < -0.3 is 10.2 Å². The van der Waals surface area contributed by atoms with Gasteiger partial charge in [-0.05, 0) is 62.4 Å². The smallest absolute Gasteiger partial charge is 0.244 e. The lowest BCUT2D eigenvalue weighted by atomic mass is 10.1. The van der Waals surface area contributed by atoms with Gasteiger partial charge in [0.2, 0.25) is 15.9 Å². The number of nitrogens with one attached hydrogen (secondary N) is 2. The largest absolute Gasteiger partial charge is 0.353 e. The minimum atomic E-state index is -4.22. The maximum absolute atomic E-state index is 14.0. The van der Waals surface area contributed by atoms with E-state index in [1.165, 1.54) is 36.0 Å². The molecule has 2 rings (SSSR count). The zero-order valence-electron chi connectivity index (χ0n) is 17.6. The Morgan fingerprint density at radius 1 is 1.10 bits per heavy atom. The zero-order chi connectivity index (χ0) is 23.0. The first-order valence-corrected chi connectivity index (χ1v) is 12.5. The number of sulfonamides is 1. The number of thioether (sulfide) groups is 1. The van der Waals surface area contributed by atoms with Crippen LogP contribution < -0.4 is 10.0 Å². The van der Waals surface area contributed by atoms with E-state index in [4.69, 9.17) is 0 Å². The third-order valence-electron chi connectivity index (χ3n) is 4.70. The molecule has 6 nitrogen and oxygen atoms in total. The number of halogens is 2. The molecule has 31 heavy (non-hydrogen) atoms. The summed E-state index contributed by atoms with van der Waals surface area (Å²) in [6.45, 7) is 0.189. The van der Waals surface area contributed by atoms with Crippen molar-refractivity contribution in [1.29, 1.82) is 0 Å². The quantitative estimate of drug-likeness (QED) is 0.527. The second-order valence-electron chi connectivity index (χ2n) is 7.16. The number of amides is 1. The van der Waals surface area contributed by atoms with E-state index < -0.39 is 32.7 Å². The molecular formula is C21H27F2N3O3S2. The number of carbonyl (C=O) groups is 1. The molecule has 1 amide bonds. The van der Waals surface area contributed by atoms with E-state index in [0.29, 0.717) is 5.75 Å². The van der Waals surface area contributed by atoms with Gasteiger partial charge >= 0.3 is 0 Å². The Morgan fingerprint density at radius 3 is 2.32 bits per heavy atom. The molecule has 0 aliphatic carbocycles. The van der Waals surface area contributed by atoms with Crippen molar-refractivity contribution in [2.45, 2.75) is 23.4 Å². The standard InChI is InChI=1S/C21H27F2N3O3S2/c1-26(2)19(15-8-10-16(22)11-9-15)14-24-21(27)18(12-13-30-3)25-31(28,29)20-7-5-4-6-17(20)23/h4-11,18-19,25H,12-14H2,1-3H3,(H,24,27). The summed E-state index contributed by atoms with van der Waals surface area (Å²) in [6, 6.07) is 9.67. The molecule has 0 saturated carbocycles. The molecule has 10 heteroatoms. The van der Waals surface area contributed by atoms with E-state index in [-0.39, 0.29) is 24.8 Å². The number of benzene rings is 2. The summed E-state index contributed by atoms with van der Waals surface area (Å²) < 4.78 is 54.9. The van der Waals surface area contributed by atoms with Gasteiger partial charge in [-0.2, -0.15) is 16.5 Å². The van der Waals surface area contributed by atoms with Gasteiger partial charge in [-0.25, -0.2) is 17.2 Å². The van der Waals surface area contributed by atoms with Gasteiger partial charge in [0.05, 0.1) is 6.04 Å². The van der Waals surface area contributed by atoms with Gasteiger partial charge in [0.25, 0.3) is 0 Å². The predicted molar refractivity (Wildman–Crippen MR) is 119 cm³/mol. The van der Waals surface area contributed by atoms with Crippen LogP contribution in [0.1, 0.15) is 18.0 Å². The van der Waals surface area contributed by atoms with E-state index in [1.54, 1.807) is 12.1 Å². The Morgan fingerprint density at radius 2 is 1.74 bits per heavy atom. The van der Waals surface area contributed by atoms with Crippen molar-refractivity contribution in [3.8, 4) is 0 Å². The van der Waals surface area contributed by atoms with Gasteiger partial charge in [0, 0.05) is 6.54 Å². The minimum Gasteiger partial charge on any atom is -0.353 e. The molecule has 2 atom stereocenters. The normalized spacial score (nSPS) is 13.7. The maximum atomic E-state index is 14.0. The lowest BCUT2D eigenvalue weighted by molar-refractivity contribution is -0.123. The van der Waals surface area contributed by atoms with Crippen LogP contribution in [0.25, 0.3) is 0 Å². The Hall–Kier alpha value is -2.01. The van der Waals surface area contributed by atoms with Crippen LogP contribution in [0.15, 0.2) is 53.4 Å². The van der Waals surface area contributed by atoms with Gasteiger partial charge in [-0.3, -0.25) is 4.79 Å². The summed E-state index contributed by atoms with van der Waals surface area (Å²) in [4.78, 5) is 14.2. The Labute approximate surface area is 186 Å². The highest BCUT2D eigenvalue weighted by Crippen LogP contribution is 2.18. The highest BCUT2D eigenvalue weighted by molar-refractivity contribution is 7.98. The average Bonchev–Trinajstić information content (AvgIpc) is 2.72.